The second-order valence-corrected chi connectivity index (χ2v) is 3.65. The summed E-state index contributed by atoms with van der Waals surface area (Å²) >= 11 is 5.28. The highest BCUT2D eigenvalue weighted by Gasteiger charge is 2.09. The lowest BCUT2D eigenvalue weighted by Crippen LogP contribution is -2.05. The first-order chi connectivity index (χ1) is 8.88. The Morgan fingerprint density at radius 1 is 1.05 bits per heavy atom. The standard InChI is InChI=1S/C9H7ClN2O7/c10-9(13)8-2-6(4-18-11(14)15)1-7(3-8)5-19-12(16)17/h1-3H,4-5H2. The molecule has 19 heavy (non-hydrogen) atoms. The van der Waals surface area contributed by atoms with Crippen molar-refractivity contribution in [2.24, 2.45) is 0 Å². The van der Waals surface area contributed by atoms with Crippen LogP contribution in [0, 0.1) is 20.2 Å². The SMILES string of the molecule is O=C(Cl)c1cc(CO[N+](=O)[O-])cc(CO[N+](=O)[O-])c1. The molecule has 9 nitrogen and oxygen atoms in total. The van der Waals surface area contributed by atoms with E-state index in [-0.39, 0.29) is 16.7 Å². The van der Waals surface area contributed by atoms with E-state index in [2.05, 4.69) is 9.68 Å². The molecule has 0 amide bonds. The van der Waals surface area contributed by atoms with Crippen LogP contribution in [0.1, 0.15) is 21.5 Å². The van der Waals surface area contributed by atoms with E-state index in [1.54, 1.807) is 0 Å². The molecule has 0 radical (unpaired) electrons. The van der Waals surface area contributed by atoms with Crippen LogP contribution in [0.15, 0.2) is 18.2 Å². The van der Waals surface area contributed by atoms with Crippen molar-refractivity contribution in [2.75, 3.05) is 0 Å². The van der Waals surface area contributed by atoms with Crippen LogP contribution in [0.25, 0.3) is 0 Å². The van der Waals surface area contributed by atoms with Crippen molar-refractivity contribution in [3.63, 3.8) is 0 Å². The molecule has 0 heterocycles. The van der Waals surface area contributed by atoms with E-state index in [1.165, 1.54) is 18.2 Å². The van der Waals surface area contributed by atoms with Crippen LogP contribution >= 0.6 is 11.6 Å². The lowest BCUT2D eigenvalue weighted by molar-refractivity contribution is -0.763. The second-order valence-electron chi connectivity index (χ2n) is 3.31. The largest absolute Gasteiger partial charge is 0.309 e. The lowest BCUT2D eigenvalue weighted by Gasteiger charge is -2.06. The highest BCUT2D eigenvalue weighted by molar-refractivity contribution is 6.67. The minimum absolute atomic E-state index is 0.0352. The summed E-state index contributed by atoms with van der Waals surface area (Å²) < 4.78 is 0. The molecule has 0 aliphatic rings. The number of benzene rings is 1. The van der Waals surface area contributed by atoms with Gasteiger partial charge in [0.25, 0.3) is 15.4 Å². The van der Waals surface area contributed by atoms with Gasteiger partial charge in [0, 0.05) is 5.56 Å². The third-order valence-corrected chi connectivity index (χ3v) is 2.17. The van der Waals surface area contributed by atoms with Gasteiger partial charge in [-0.1, -0.05) is 6.07 Å². The van der Waals surface area contributed by atoms with E-state index in [0.29, 0.717) is 0 Å². The minimum atomic E-state index is -0.998. The van der Waals surface area contributed by atoms with Gasteiger partial charge in [0.1, 0.15) is 13.2 Å². The summed E-state index contributed by atoms with van der Waals surface area (Å²) in [6.45, 7) is -0.813. The molecule has 0 unspecified atom stereocenters. The van der Waals surface area contributed by atoms with Crippen molar-refractivity contribution in [2.45, 2.75) is 13.2 Å². The van der Waals surface area contributed by atoms with Gasteiger partial charge in [-0.3, -0.25) is 4.79 Å². The molecule has 1 aromatic carbocycles. The predicted octanol–water partition coefficient (Wildman–Crippen LogP) is 1.48. The Kier molecular flexibility index (Phi) is 5.01. The molecule has 0 aliphatic carbocycles. The molecule has 0 N–H and O–H groups in total. The van der Waals surface area contributed by atoms with Gasteiger partial charge in [0.15, 0.2) is 0 Å². The number of hydrogen-bond donors (Lipinski definition) is 0. The first-order valence-electron chi connectivity index (χ1n) is 4.76. The average molecular weight is 291 g/mol. The maximum Gasteiger partial charge on any atom is 0.294 e. The molecule has 1 rings (SSSR count). The van der Waals surface area contributed by atoms with Crippen LogP contribution < -0.4 is 0 Å². The Morgan fingerprint density at radius 3 is 1.79 bits per heavy atom. The summed E-state index contributed by atoms with van der Waals surface area (Å²) in [4.78, 5) is 39.5. The fourth-order valence-electron chi connectivity index (χ4n) is 1.30. The van der Waals surface area contributed by atoms with Crippen molar-refractivity contribution in [3.8, 4) is 0 Å². The number of hydrogen-bond acceptors (Lipinski definition) is 7. The molecule has 0 saturated carbocycles. The van der Waals surface area contributed by atoms with Crippen molar-refractivity contribution in [1.82, 2.24) is 0 Å². The first-order valence-corrected chi connectivity index (χ1v) is 5.13. The van der Waals surface area contributed by atoms with Crippen LogP contribution in [0.3, 0.4) is 0 Å². The van der Waals surface area contributed by atoms with Gasteiger partial charge in [-0.15, -0.1) is 20.2 Å². The van der Waals surface area contributed by atoms with Gasteiger partial charge in [0.05, 0.1) is 0 Å². The fraction of sp³-hybridized carbons (Fsp3) is 0.222. The molecule has 0 aliphatic heterocycles. The molecule has 0 bridgehead atoms. The minimum Gasteiger partial charge on any atom is -0.309 e. The maximum absolute atomic E-state index is 11.0. The highest BCUT2D eigenvalue weighted by Crippen LogP contribution is 2.15. The molecule has 0 saturated heterocycles. The Labute approximate surface area is 110 Å². The Bertz CT molecular complexity index is 483. The molecule has 0 fully saturated rings. The Morgan fingerprint density at radius 2 is 1.47 bits per heavy atom. The third-order valence-electron chi connectivity index (χ3n) is 1.95. The summed E-state index contributed by atoms with van der Waals surface area (Å²) in [5, 5.41) is 17.3. The van der Waals surface area contributed by atoms with Gasteiger partial charge in [0.2, 0.25) is 0 Å². The van der Waals surface area contributed by atoms with Crippen LogP contribution in [0.2, 0.25) is 0 Å². The summed E-state index contributed by atoms with van der Waals surface area (Å²) in [5.74, 6) is 0. The summed E-state index contributed by atoms with van der Waals surface area (Å²) in [6.07, 6.45) is 0. The zero-order valence-electron chi connectivity index (χ0n) is 9.28. The quantitative estimate of drug-likeness (QED) is 0.423. The summed E-state index contributed by atoms with van der Waals surface area (Å²) in [5.41, 5.74) is 0.573. The molecular formula is C9H7ClN2O7. The fourth-order valence-corrected chi connectivity index (χ4v) is 1.41. The number of halogens is 1. The van der Waals surface area contributed by atoms with Gasteiger partial charge >= 0.3 is 0 Å². The molecule has 0 spiro atoms. The van der Waals surface area contributed by atoms with Crippen LogP contribution in [-0.4, -0.2) is 15.4 Å². The van der Waals surface area contributed by atoms with Crippen molar-refractivity contribution in [1.29, 1.82) is 0 Å². The van der Waals surface area contributed by atoms with Gasteiger partial charge in [-0.05, 0) is 34.9 Å². The topological polar surface area (TPSA) is 122 Å². The van der Waals surface area contributed by atoms with Gasteiger partial charge < -0.3 is 9.68 Å². The molecule has 0 aromatic heterocycles. The van der Waals surface area contributed by atoms with E-state index in [1.807, 2.05) is 0 Å². The summed E-state index contributed by atoms with van der Waals surface area (Å²) in [7, 11) is 0. The number of carbonyl (C=O) groups excluding carboxylic acids is 1. The molecule has 1 aromatic rings. The number of carbonyl (C=O) groups is 1. The number of nitrogens with zero attached hydrogens (tertiary/aromatic N) is 2. The van der Waals surface area contributed by atoms with E-state index in [9.17, 15) is 25.0 Å². The zero-order valence-corrected chi connectivity index (χ0v) is 10.0. The van der Waals surface area contributed by atoms with Crippen molar-refractivity contribution < 1.29 is 24.6 Å². The Hall–Kier alpha value is -2.42. The van der Waals surface area contributed by atoms with E-state index in [4.69, 9.17) is 11.6 Å². The van der Waals surface area contributed by atoms with E-state index in [0.717, 1.165) is 0 Å². The molecular weight excluding hydrogens is 284 g/mol. The first kappa shape index (κ1) is 14.6. The van der Waals surface area contributed by atoms with Crippen LogP contribution in [-0.2, 0) is 22.9 Å². The lowest BCUT2D eigenvalue weighted by atomic mass is 10.1. The van der Waals surface area contributed by atoms with Crippen molar-refractivity contribution in [3.05, 3.63) is 55.1 Å². The van der Waals surface area contributed by atoms with Crippen LogP contribution in [0.4, 0.5) is 0 Å². The van der Waals surface area contributed by atoms with Crippen LogP contribution in [0.5, 0.6) is 0 Å². The predicted molar refractivity (Wildman–Crippen MR) is 60.2 cm³/mol. The van der Waals surface area contributed by atoms with E-state index >= 15 is 0 Å². The monoisotopic (exact) mass is 290 g/mol. The normalized spacial score (nSPS) is 9.74. The smallest absolute Gasteiger partial charge is 0.294 e. The second kappa shape index (κ2) is 6.50. The van der Waals surface area contributed by atoms with Crippen molar-refractivity contribution >= 4 is 16.8 Å². The molecule has 0 atom stereocenters. The molecule has 10 heteroatoms. The summed E-state index contributed by atoms with van der Waals surface area (Å²) in [6, 6.07) is 3.94. The number of rotatable bonds is 7. The maximum atomic E-state index is 11.0. The molecule has 102 valence electrons. The van der Waals surface area contributed by atoms with Gasteiger partial charge in [-0.25, -0.2) is 0 Å². The van der Waals surface area contributed by atoms with Gasteiger partial charge in [-0.2, -0.15) is 0 Å². The zero-order chi connectivity index (χ0) is 14.4. The average Bonchev–Trinajstić information content (AvgIpc) is 2.33. The highest BCUT2D eigenvalue weighted by atomic mass is 35.5. The third kappa shape index (κ3) is 5.17. The Balaban J connectivity index is 2.93. The van der Waals surface area contributed by atoms with E-state index < -0.39 is 28.6 Å².